The number of hydrogen-bond acceptors (Lipinski definition) is 5. The van der Waals surface area contributed by atoms with Crippen LogP contribution in [0.3, 0.4) is 0 Å². The third-order valence-corrected chi connectivity index (χ3v) is 2.70. The van der Waals surface area contributed by atoms with Crippen molar-refractivity contribution in [3.8, 4) is 0 Å². The Hall–Kier alpha value is -2.18. The maximum atomic E-state index is 12.1. The van der Waals surface area contributed by atoms with Crippen LogP contribution in [0, 0.1) is 13.8 Å². The number of oxazole rings is 1. The van der Waals surface area contributed by atoms with Crippen molar-refractivity contribution in [3.63, 3.8) is 0 Å². The molecular formula is C12H17N5O2. The number of rotatable bonds is 4. The van der Waals surface area contributed by atoms with Crippen LogP contribution in [0.4, 0.5) is 0 Å². The van der Waals surface area contributed by atoms with E-state index in [1.807, 2.05) is 13.8 Å². The van der Waals surface area contributed by atoms with E-state index < -0.39 is 0 Å². The van der Waals surface area contributed by atoms with Crippen LogP contribution in [0.5, 0.6) is 0 Å². The molecule has 2 N–H and O–H groups in total. The summed E-state index contributed by atoms with van der Waals surface area (Å²) in [4.78, 5) is 20.4. The number of aryl methyl sites for hydroxylation is 3. The molecule has 7 nitrogen and oxygen atoms in total. The average Bonchev–Trinajstić information content (AvgIpc) is 2.95. The average molecular weight is 263 g/mol. The fraction of sp³-hybridized carbons (Fsp3) is 0.500. The second-order valence-corrected chi connectivity index (χ2v) is 4.35. The first-order valence-electron chi connectivity index (χ1n) is 6.17. The lowest BCUT2D eigenvalue weighted by Crippen LogP contribution is -2.27. The van der Waals surface area contributed by atoms with Gasteiger partial charge in [-0.1, -0.05) is 6.92 Å². The van der Waals surface area contributed by atoms with Gasteiger partial charge in [-0.15, -0.1) is 0 Å². The van der Waals surface area contributed by atoms with E-state index in [0.717, 1.165) is 0 Å². The maximum Gasteiger partial charge on any atom is 0.289 e. The van der Waals surface area contributed by atoms with Gasteiger partial charge in [0.05, 0.1) is 11.7 Å². The number of nitrogens with zero attached hydrogens (tertiary/aromatic N) is 3. The van der Waals surface area contributed by atoms with Gasteiger partial charge < -0.3 is 9.73 Å². The van der Waals surface area contributed by atoms with Crippen molar-refractivity contribution in [1.29, 1.82) is 0 Å². The molecule has 2 heterocycles. The molecule has 2 aromatic heterocycles. The van der Waals surface area contributed by atoms with Gasteiger partial charge in [-0.3, -0.25) is 9.89 Å². The normalized spacial score (nSPS) is 12.4. The zero-order chi connectivity index (χ0) is 14.0. The summed E-state index contributed by atoms with van der Waals surface area (Å²) in [6, 6.07) is -0.299. The van der Waals surface area contributed by atoms with Crippen molar-refractivity contribution < 1.29 is 9.21 Å². The summed E-state index contributed by atoms with van der Waals surface area (Å²) >= 11 is 0. The Kier molecular flexibility index (Phi) is 3.64. The van der Waals surface area contributed by atoms with E-state index in [-0.39, 0.29) is 17.7 Å². The highest BCUT2D eigenvalue weighted by atomic mass is 16.4. The third kappa shape index (κ3) is 2.81. The van der Waals surface area contributed by atoms with E-state index in [2.05, 4.69) is 25.5 Å². The summed E-state index contributed by atoms with van der Waals surface area (Å²) in [5.41, 5.74) is 0.590. The predicted octanol–water partition coefficient (Wildman–Crippen LogP) is 1.46. The highest BCUT2D eigenvalue weighted by molar-refractivity contribution is 5.92. The molecule has 0 aliphatic carbocycles. The van der Waals surface area contributed by atoms with E-state index in [1.54, 1.807) is 13.8 Å². The van der Waals surface area contributed by atoms with Crippen molar-refractivity contribution in [1.82, 2.24) is 25.5 Å². The number of hydrogen-bond donors (Lipinski definition) is 2. The fourth-order valence-corrected chi connectivity index (χ4v) is 1.69. The molecule has 0 aromatic carbocycles. The Bertz CT molecular complexity index is 587. The van der Waals surface area contributed by atoms with E-state index >= 15 is 0 Å². The molecule has 0 bridgehead atoms. The first-order valence-corrected chi connectivity index (χ1v) is 6.17. The van der Waals surface area contributed by atoms with Gasteiger partial charge in [0.2, 0.25) is 5.76 Å². The molecule has 0 saturated carbocycles. The summed E-state index contributed by atoms with van der Waals surface area (Å²) in [6.07, 6.45) is 0.657. The minimum Gasteiger partial charge on any atom is -0.435 e. The van der Waals surface area contributed by atoms with E-state index in [4.69, 9.17) is 4.42 Å². The Balaban J connectivity index is 2.10. The molecule has 0 saturated heterocycles. The lowest BCUT2D eigenvalue weighted by Gasteiger charge is -2.08. The fourth-order valence-electron chi connectivity index (χ4n) is 1.69. The number of nitrogens with one attached hydrogen (secondary N) is 2. The highest BCUT2D eigenvalue weighted by Crippen LogP contribution is 2.13. The van der Waals surface area contributed by atoms with Crippen LogP contribution in [0.1, 0.15) is 53.7 Å². The zero-order valence-electron chi connectivity index (χ0n) is 11.4. The number of carbonyl (C=O) groups excluding carboxylic acids is 1. The van der Waals surface area contributed by atoms with Crippen molar-refractivity contribution >= 4 is 5.91 Å². The van der Waals surface area contributed by atoms with Crippen LogP contribution < -0.4 is 5.32 Å². The van der Waals surface area contributed by atoms with Crippen LogP contribution in [0.25, 0.3) is 0 Å². The van der Waals surface area contributed by atoms with Crippen LogP contribution in [0.15, 0.2) is 4.42 Å². The van der Waals surface area contributed by atoms with E-state index in [0.29, 0.717) is 29.7 Å². The first-order chi connectivity index (χ1) is 9.01. The number of amides is 1. The first kappa shape index (κ1) is 13.3. The zero-order valence-corrected chi connectivity index (χ0v) is 11.4. The molecule has 0 fully saturated rings. The summed E-state index contributed by atoms with van der Waals surface area (Å²) in [7, 11) is 0. The van der Waals surface area contributed by atoms with Crippen LogP contribution in [-0.4, -0.2) is 26.1 Å². The molecule has 0 radical (unpaired) electrons. The molecule has 19 heavy (non-hydrogen) atoms. The second-order valence-electron chi connectivity index (χ2n) is 4.35. The van der Waals surface area contributed by atoms with Gasteiger partial charge in [0.1, 0.15) is 5.82 Å². The van der Waals surface area contributed by atoms with Gasteiger partial charge in [-0.2, -0.15) is 5.10 Å². The molecule has 0 aliphatic rings. The van der Waals surface area contributed by atoms with Crippen molar-refractivity contribution in [2.24, 2.45) is 0 Å². The molecule has 0 spiro atoms. The Morgan fingerprint density at radius 3 is 2.68 bits per heavy atom. The molecule has 0 aliphatic heterocycles. The van der Waals surface area contributed by atoms with E-state index in [9.17, 15) is 4.79 Å². The van der Waals surface area contributed by atoms with Gasteiger partial charge in [-0.05, 0) is 20.8 Å². The molecule has 1 unspecified atom stereocenters. The standard InChI is InChI=1S/C12H17N5O2/c1-5-9-13-6(2)10(19-9)12(18)14-7(3)11-15-8(4)16-17-11/h7H,5H2,1-4H3,(H,14,18)(H,15,16,17). The van der Waals surface area contributed by atoms with Crippen molar-refractivity contribution in [2.45, 2.75) is 40.2 Å². The number of carbonyl (C=O) groups is 1. The van der Waals surface area contributed by atoms with Crippen LogP contribution >= 0.6 is 0 Å². The van der Waals surface area contributed by atoms with Gasteiger partial charge in [0, 0.05) is 6.42 Å². The number of H-pyrrole nitrogens is 1. The highest BCUT2D eigenvalue weighted by Gasteiger charge is 2.20. The molecule has 1 amide bonds. The Morgan fingerprint density at radius 2 is 2.16 bits per heavy atom. The monoisotopic (exact) mass is 263 g/mol. The molecule has 2 rings (SSSR count). The van der Waals surface area contributed by atoms with Crippen LogP contribution in [-0.2, 0) is 6.42 Å². The smallest absolute Gasteiger partial charge is 0.289 e. The third-order valence-electron chi connectivity index (χ3n) is 2.70. The van der Waals surface area contributed by atoms with E-state index in [1.165, 1.54) is 0 Å². The van der Waals surface area contributed by atoms with Crippen molar-refractivity contribution in [2.75, 3.05) is 0 Å². The second kappa shape index (κ2) is 5.21. The topological polar surface area (TPSA) is 96.7 Å². The van der Waals surface area contributed by atoms with Gasteiger partial charge >= 0.3 is 0 Å². The summed E-state index contributed by atoms with van der Waals surface area (Å²) in [6.45, 7) is 7.29. The minimum absolute atomic E-state index is 0.246. The summed E-state index contributed by atoms with van der Waals surface area (Å²) in [5, 5.41) is 9.53. The van der Waals surface area contributed by atoms with Crippen LogP contribution in [0.2, 0.25) is 0 Å². The number of aromatic amines is 1. The Labute approximate surface area is 110 Å². The number of aromatic nitrogens is 4. The molecule has 7 heteroatoms. The van der Waals surface area contributed by atoms with Gasteiger partial charge in [0.25, 0.3) is 5.91 Å². The molecule has 2 aromatic rings. The predicted molar refractivity (Wildman–Crippen MR) is 67.6 cm³/mol. The SMILES string of the molecule is CCc1nc(C)c(C(=O)NC(C)c2n[nH]c(C)n2)o1. The van der Waals surface area contributed by atoms with Crippen molar-refractivity contribution in [3.05, 3.63) is 29.0 Å². The van der Waals surface area contributed by atoms with Gasteiger partial charge in [0.15, 0.2) is 11.7 Å². The molecule has 1 atom stereocenters. The summed E-state index contributed by atoms with van der Waals surface area (Å²) < 4.78 is 5.40. The quantitative estimate of drug-likeness (QED) is 0.870. The molecule has 102 valence electrons. The molecular weight excluding hydrogens is 246 g/mol. The van der Waals surface area contributed by atoms with Gasteiger partial charge in [-0.25, -0.2) is 9.97 Å². The Morgan fingerprint density at radius 1 is 1.42 bits per heavy atom. The largest absolute Gasteiger partial charge is 0.435 e. The lowest BCUT2D eigenvalue weighted by atomic mass is 10.3. The minimum atomic E-state index is -0.306. The summed E-state index contributed by atoms with van der Waals surface area (Å²) in [5.74, 6) is 1.75. The lowest BCUT2D eigenvalue weighted by molar-refractivity contribution is 0.0907. The maximum absolute atomic E-state index is 12.1.